The Morgan fingerprint density at radius 2 is 1.72 bits per heavy atom. The van der Waals surface area contributed by atoms with Gasteiger partial charge in [0.15, 0.2) is 11.5 Å². The van der Waals surface area contributed by atoms with E-state index in [0.29, 0.717) is 23.6 Å². The van der Waals surface area contributed by atoms with Crippen molar-refractivity contribution in [2.24, 2.45) is 0 Å². The number of rotatable bonds is 8. The van der Waals surface area contributed by atoms with Crippen LogP contribution in [0.2, 0.25) is 0 Å². The molecule has 0 aliphatic heterocycles. The summed E-state index contributed by atoms with van der Waals surface area (Å²) in [4.78, 5) is 25.2. The van der Waals surface area contributed by atoms with Gasteiger partial charge in [-0.25, -0.2) is 0 Å². The third kappa shape index (κ3) is 5.23. The van der Waals surface area contributed by atoms with Gasteiger partial charge in [0, 0.05) is 12.6 Å². The number of carbonyl (C=O) groups excluding carboxylic acids is 1. The molecular formula is C21H27N3O5. The molecule has 1 N–H and O–H groups in total. The summed E-state index contributed by atoms with van der Waals surface area (Å²) < 4.78 is 10.6. The number of nitro benzene ring substituents is 1. The van der Waals surface area contributed by atoms with Crippen molar-refractivity contribution >= 4 is 17.3 Å². The summed E-state index contributed by atoms with van der Waals surface area (Å²) in [6.07, 6.45) is 0. The SMILES string of the molecule is COc1cc(C)c(CN(C)CC(=O)Nc2c([N+](=O)[O-])ccc(C)c2C)cc1OC. The molecule has 0 aromatic heterocycles. The topological polar surface area (TPSA) is 93.9 Å². The largest absolute Gasteiger partial charge is 0.493 e. The maximum Gasteiger partial charge on any atom is 0.293 e. The van der Waals surface area contributed by atoms with E-state index < -0.39 is 4.92 Å². The van der Waals surface area contributed by atoms with Crippen LogP contribution in [0.15, 0.2) is 24.3 Å². The summed E-state index contributed by atoms with van der Waals surface area (Å²) >= 11 is 0. The zero-order valence-electron chi connectivity index (χ0n) is 17.7. The zero-order chi connectivity index (χ0) is 21.7. The highest BCUT2D eigenvalue weighted by molar-refractivity contribution is 5.95. The van der Waals surface area contributed by atoms with Crippen molar-refractivity contribution in [3.63, 3.8) is 0 Å². The quantitative estimate of drug-likeness (QED) is 0.536. The van der Waals surface area contributed by atoms with E-state index in [9.17, 15) is 14.9 Å². The van der Waals surface area contributed by atoms with E-state index in [0.717, 1.165) is 16.7 Å². The predicted octanol–water partition coefficient (Wildman–Crippen LogP) is 3.61. The maximum absolute atomic E-state index is 12.5. The van der Waals surface area contributed by atoms with Gasteiger partial charge in [-0.05, 0) is 62.2 Å². The number of likely N-dealkylation sites (N-methyl/N-ethyl adjacent to an activating group) is 1. The maximum atomic E-state index is 12.5. The first-order chi connectivity index (χ1) is 13.7. The molecule has 0 radical (unpaired) electrons. The molecule has 0 saturated heterocycles. The van der Waals surface area contributed by atoms with Crippen LogP contribution in [0.1, 0.15) is 22.3 Å². The number of methoxy groups -OCH3 is 2. The Hall–Kier alpha value is -3.13. The van der Waals surface area contributed by atoms with Crippen molar-refractivity contribution in [2.45, 2.75) is 27.3 Å². The first-order valence-corrected chi connectivity index (χ1v) is 9.12. The lowest BCUT2D eigenvalue weighted by Gasteiger charge is -2.20. The normalized spacial score (nSPS) is 10.7. The van der Waals surface area contributed by atoms with Crippen LogP contribution in [0.5, 0.6) is 11.5 Å². The standard InChI is InChI=1S/C21H27N3O5/c1-13-7-8-17(24(26)27)21(15(13)3)22-20(25)12-23(4)11-16-10-19(29-6)18(28-5)9-14(16)2/h7-10H,11-12H2,1-6H3,(H,22,25). The number of nitro groups is 1. The number of nitrogens with zero attached hydrogens (tertiary/aromatic N) is 2. The fraction of sp³-hybridized carbons (Fsp3) is 0.381. The van der Waals surface area contributed by atoms with Gasteiger partial charge in [0.25, 0.3) is 5.69 Å². The molecule has 0 bridgehead atoms. The first kappa shape index (κ1) is 22.2. The van der Waals surface area contributed by atoms with Crippen LogP contribution in [0.4, 0.5) is 11.4 Å². The molecule has 8 heteroatoms. The van der Waals surface area contributed by atoms with E-state index in [1.54, 1.807) is 27.2 Å². The van der Waals surface area contributed by atoms with Gasteiger partial charge < -0.3 is 14.8 Å². The first-order valence-electron chi connectivity index (χ1n) is 9.12. The van der Waals surface area contributed by atoms with Crippen molar-refractivity contribution in [1.82, 2.24) is 4.90 Å². The third-order valence-corrected chi connectivity index (χ3v) is 4.87. The zero-order valence-corrected chi connectivity index (χ0v) is 17.7. The van der Waals surface area contributed by atoms with Crippen LogP contribution >= 0.6 is 0 Å². The Bertz CT molecular complexity index is 927. The highest BCUT2D eigenvalue weighted by Crippen LogP contribution is 2.31. The van der Waals surface area contributed by atoms with Crippen molar-refractivity contribution < 1.29 is 19.2 Å². The lowest BCUT2D eigenvalue weighted by molar-refractivity contribution is -0.384. The molecule has 2 rings (SSSR count). The van der Waals surface area contributed by atoms with Gasteiger partial charge in [0.1, 0.15) is 5.69 Å². The molecule has 0 heterocycles. The summed E-state index contributed by atoms with van der Waals surface area (Å²) in [5.74, 6) is 0.954. The van der Waals surface area contributed by atoms with Gasteiger partial charge in [0.2, 0.25) is 5.91 Å². The molecule has 0 aliphatic rings. The summed E-state index contributed by atoms with van der Waals surface area (Å²) in [5, 5.41) is 14.0. The molecule has 0 atom stereocenters. The number of carbonyl (C=O) groups is 1. The molecule has 29 heavy (non-hydrogen) atoms. The molecule has 0 fully saturated rings. The number of anilines is 1. The van der Waals surface area contributed by atoms with E-state index in [1.165, 1.54) is 6.07 Å². The molecule has 156 valence electrons. The minimum atomic E-state index is -0.487. The summed E-state index contributed by atoms with van der Waals surface area (Å²) in [5.41, 5.74) is 3.71. The van der Waals surface area contributed by atoms with Crippen LogP contribution in [0, 0.1) is 30.9 Å². The lowest BCUT2D eigenvalue weighted by Crippen LogP contribution is -2.30. The average molecular weight is 401 g/mol. The Labute approximate surface area is 170 Å². The third-order valence-electron chi connectivity index (χ3n) is 4.87. The highest BCUT2D eigenvalue weighted by atomic mass is 16.6. The smallest absolute Gasteiger partial charge is 0.293 e. The van der Waals surface area contributed by atoms with Crippen molar-refractivity contribution in [1.29, 1.82) is 0 Å². The fourth-order valence-electron chi connectivity index (χ4n) is 3.08. The van der Waals surface area contributed by atoms with Crippen LogP contribution < -0.4 is 14.8 Å². The van der Waals surface area contributed by atoms with Crippen molar-refractivity contribution in [2.75, 3.05) is 33.1 Å². The van der Waals surface area contributed by atoms with Crippen LogP contribution in [0.3, 0.4) is 0 Å². The second-order valence-corrected chi connectivity index (χ2v) is 7.01. The van der Waals surface area contributed by atoms with Crippen molar-refractivity contribution in [3.8, 4) is 11.5 Å². The van der Waals surface area contributed by atoms with Gasteiger partial charge in [-0.2, -0.15) is 0 Å². The monoisotopic (exact) mass is 401 g/mol. The molecule has 0 aliphatic carbocycles. The van der Waals surface area contributed by atoms with Crippen molar-refractivity contribution in [3.05, 3.63) is 56.6 Å². The Morgan fingerprint density at radius 1 is 1.10 bits per heavy atom. The number of aryl methyl sites for hydroxylation is 2. The van der Waals surface area contributed by atoms with Crippen LogP contribution in [-0.2, 0) is 11.3 Å². The predicted molar refractivity (Wildman–Crippen MR) is 112 cm³/mol. The molecular weight excluding hydrogens is 374 g/mol. The second kappa shape index (κ2) is 9.38. The molecule has 0 spiro atoms. The Kier molecular flexibility index (Phi) is 7.17. The molecule has 8 nitrogen and oxygen atoms in total. The van der Waals surface area contributed by atoms with E-state index in [2.05, 4.69) is 5.32 Å². The van der Waals surface area contributed by atoms with E-state index in [-0.39, 0.29) is 23.8 Å². The van der Waals surface area contributed by atoms with Gasteiger partial charge >= 0.3 is 0 Å². The number of hydrogen-bond acceptors (Lipinski definition) is 6. The average Bonchev–Trinajstić information content (AvgIpc) is 2.66. The second-order valence-electron chi connectivity index (χ2n) is 7.01. The molecule has 2 aromatic carbocycles. The fourth-order valence-corrected chi connectivity index (χ4v) is 3.08. The van der Waals surface area contributed by atoms with Gasteiger partial charge in [-0.1, -0.05) is 6.07 Å². The number of benzene rings is 2. The number of nitrogens with one attached hydrogen (secondary N) is 1. The summed E-state index contributed by atoms with van der Waals surface area (Å²) in [7, 11) is 4.97. The number of amides is 1. The molecule has 1 amide bonds. The van der Waals surface area contributed by atoms with Gasteiger partial charge in [0.05, 0.1) is 25.7 Å². The van der Waals surface area contributed by atoms with E-state index in [4.69, 9.17) is 9.47 Å². The number of hydrogen-bond donors (Lipinski definition) is 1. The molecule has 2 aromatic rings. The van der Waals surface area contributed by atoms with E-state index in [1.807, 2.05) is 37.9 Å². The Morgan fingerprint density at radius 3 is 2.31 bits per heavy atom. The minimum absolute atomic E-state index is 0.0817. The molecule has 0 unspecified atom stereocenters. The van der Waals surface area contributed by atoms with Gasteiger partial charge in [-0.15, -0.1) is 0 Å². The summed E-state index contributed by atoms with van der Waals surface area (Å²) in [6.45, 7) is 6.16. The molecule has 0 saturated carbocycles. The van der Waals surface area contributed by atoms with Crippen LogP contribution in [0.25, 0.3) is 0 Å². The highest BCUT2D eigenvalue weighted by Gasteiger charge is 2.20. The summed E-state index contributed by atoms with van der Waals surface area (Å²) in [6, 6.07) is 6.86. The van der Waals surface area contributed by atoms with Gasteiger partial charge in [-0.3, -0.25) is 19.8 Å². The minimum Gasteiger partial charge on any atom is -0.493 e. The Balaban J connectivity index is 2.13. The van der Waals surface area contributed by atoms with E-state index >= 15 is 0 Å². The van der Waals surface area contributed by atoms with Crippen LogP contribution in [-0.4, -0.2) is 43.5 Å². The lowest BCUT2D eigenvalue weighted by atomic mass is 10.1. The number of ether oxygens (including phenoxy) is 2.